The van der Waals surface area contributed by atoms with Crippen molar-refractivity contribution >= 4 is 23.8 Å². The molecule has 0 aliphatic carbocycles. The molecule has 1 rings (SSSR count). The van der Waals surface area contributed by atoms with Crippen molar-refractivity contribution in [1.82, 2.24) is 15.5 Å². The zero-order valence-corrected chi connectivity index (χ0v) is 24.5. The highest BCUT2D eigenvalue weighted by atomic mass is 16.6. The highest BCUT2D eigenvalue weighted by molar-refractivity contribution is 5.92. The molecule has 0 heterocycles. The van der Waals surface area contributed by atoms with E-state index in [9.17, 15) is 19.2 Å². The summed E-state index contributed by atoms with van der Waals surface area (Å²) in [4.78, 5) is 53.6. The maximum Gasteiger partial charge on any atom is 0.408 e. The lowest BCUT2D eigenvalue weighted by atomic mass is 9.94. The molecule has 4 N–H and O–H groups in total. The molecule has 2 atom stereocenters. The number of nitrogens with zero attached hydrogens (tertiary/aromatic N) is 1. The maximum atomic E-state index is 14.1. The molecule has 9 nitrogen and oxygen atoms in total. The first kappa shape index (κ1) is 32.9. The summed E-state index contributed by atoms with van der Waals surface area (Å²) >= 11 is 0. The van der Waals surface area contributed by atoms with E-state index in [2.05, 4.69) is 17.6 Å². The number of aryl methyl sites for hydroxylation is 1. The molecule has 0 bridgehead atoms. The van der Waals surface area contributed by atoms with Crippen molar-refractivity contribution in [1.29, 1.82) is 0 Å². The topological polar surface area (TPSA) is 131 Å². The Morgan fingerprint density at radius 3 is 2.24 bits per heavy atom. The van der Waals surface area contributed by atoms with Crippen molar-refractivity contribution < 1.29 is 23.9 Å². The molecule has 0 saturated heterocycles. The van der Waals surface area contributed by atoms with Gasteiger partial charge in [-0.25, -0.2) is 4.79 Å². The molecule has 0 aliphatic rings. The third kappa shape index (κ3) is 11.1. The van der Waals surface area contributed by atoms with Gasteiger partial charge in [-0.1, -0.05) is 44.4 Å². The number of hydrogen-bond donors (Lipinski definition) is 3. The van der Waals surface area contributed by atoms with Gasteiger partial charge in [0, 0.05) is 19.0 Å². The van der Waals surface area contributed by atoms with Gasteiger partial charge in [0.2, 0.25) is 17.7 Å². The van der Waals surface area contributed by atoms with Crippen LogP contribution in [0.5, 0.6) is 0 Å². The molecule has 38 heavy (non-hydrogen) atoms. The second-order valence-electron chi connectivity index (χ2n) is 11.2. The first-order valence-electron chi connectivity index (χ1n) is 13.6. The second-order valence-corrected chi connectivity index (χ2v) is 11.2. The Kier molecular flexibility index (Phi) is 13.3. The van der Waals surface area contributed by atoms with Gasteiger partial charge in [0.25, 0.3) is 0 Å². The van der Waals surface area contributed by atoms with E-state index in [1.54, 1.807) is 20.8 Å². The van der Waals surface area contributed by atoms with E-state index in [4.69, 9.17) is 10.5 Å². The van der Waals surface area contributed by atoms with E-state index >= 15 is 0 Å². The number of amides is 4. The highest BCUT2D eigenvalue weighted by Gasteiger charge is 2.37. The van der Waals surface area contributed by atoms with E-state index in [1.165, 1.54) is 4.90 Å². The predicted molar refractivity (Wildman–Crippen MR) is 149 cm³/mol. The van der Waals surface area contributed by atoms with Crippen LogP contribution < -0.4 is 16.4 Å². The summed E-state index contributed by atoms with van der Waals surface area (Å²) < 4.78 is 5.38. The van der Waals surface area contributed by atoms with Gasteiger partial charge in [0.05, 0.1) is 0 Å². The van der Waals surface area contributed by atoms with Crippen LogP contribution in [0.4, 0.5) is 4.79 Å². The van der Waals surface area contributed by atoms with Crippen LogP contribution in [0.2, 0.25) is 0 Å². The maximum absolute atomic E-state index is 14.1. The number of unbranched alkanes of at least 4 members (excludes halogenated alkanes) is 3. The molecule has 0 spiro atoms. The molecular formula is C29H48N4O5. The zero-order chi connectivity index (χ0) is 29.0. The van der Waals surface area contributed by atoms with Gasteiger partial charge in [0.15, 0.2) is 0 Å². The smallest absolute Gasteiger partial charge is 0.408 e. The summed E-state index contributed by atoms with van der Waals surface area (Å²) in [5.41, 5.74) is 7.24. The summed E-state index contributed by atoms with van der Waals surface area (Å²) in [5, 5.41) is 5.60. The Labute approximate surface area is 228 Å². The van der Waals surface area contributed by atoms with E-state index in [1.807, 2.05) is 45.9 Å². The first-order valence-corrected chi connectivity index (χ1v) is 13.6. The Bertz CT molecular complexity index is 955. The van der Waals surface area contributed by atoms with Crippen molar-refractivity contribution in [2.45, 2.75) is 118 Å². The van der Waals surface area contributed by atoms with E-state index in [-0.39, 0.29) is 24.8 Å². The zero-order valence-electron chi connectivity index (χ0n) is 24.5. The van der Waals surface area contributed by atoms with Crippen molar-refractivity contribution in [2.75, 3.05) is 6.54 Å². The normalized spacial score (nSPS) is 13.0. The van der Waals surface area contributed by atoms with Crippen LogP contribution in [0.3, 0.4) is 0 Å². The van der Waals surface area contributed by atoms with Gasteiger partial charge >= 0.3 is 6.09 Å². The predicted octanol–water partition coefficient (Wildman–Crippen LogP) is 4.44. The molecule has 9 heteroatoms. The molecule has 2 unspecified atom stereocenters. The quantitative estimate of drug-likeness (QED) is 0.305. The SMILES string of the molecule is CCCCCCN(C(=O)C(CCC(N)=O)NC(=O)OC(C)(C)C)C(C(=O)NC(C)C)c1cccc(C)c1C. The van der Waals surface area contributed by atoms with Gasteiger partial charge in [0.1, 0.15) is 17.7 Å². The van der Waals surface area contributed by atoms with Crippen LogP contribution in [0.15, 0.2) is 18.2 Å². The minimum Gasteiger partial charge on any atom is -0.444 e. The van der Waals surface area contributed by atoms with Crippen LogP contribution in [-0.2, 0) is 19.1 Å². The van der Waals surface area contributed by atoms with Gasteiger partial charge in [-0.05, 0) is 78.0 Å². The lowest BCUT2D eigenvalue weighted by Gasteiger charge is -2.35. The summed E-state index contributed by atoms with van der Waals surface area (Å²) in [6.45, 7) is 15.2. The molecule has 1 aromatic rings. The lowest BCUT2D eigenvalue weighted by molar-refractivity contribution is -0.143. The molecule has 0 radical (unpaired) electrons. The summed E-state index contributed by atoms with van der Waals surface area (Å²) in [7, 11) is 0. The number of ether oxygens (including phenoxy) is 1. The third-order valence-corrected chi connectivity index (χ3v) is 6.14. The molecule has 0 fully saturated rings. The van der Waals surface area contributed by atoms with E-state index < -0.39 is 35.6 Å². The van der Waals surface area contributed by atoms with Crippen molar-refractivity contribution in [3.8, 4) is 0 Å². The number of benzene rings is 1. The van der Waals surface area contributed by atoms with Crippen molar-refractivity contribution in [2.24, 2.45) is 5.73 Å². The highest BCUT2D eigenvalue weighted by Crippen LogP contribution is 2.28. The number of rotatable bonds is 14. The van der Waals surface area contributed by atoms with E-state index in [0.717, 1.165) is 36.0 Å². The first-order chi connectivity index (χ1) is 17.7. The minimum atomic E-state index is -1.09. The average molecular weight is 533 g/mol. The summed E-state index contributed by atoms with van der Waals surface area (Å²) in [5.74, 6) is -1.35. The number of nitrogens with two attached hydrogens (primary N) is 1. The standard InChI is InChI=1S/C29H48N4O5/c1-9-10-11-12-18-33(25(26(35)31-19(2)3)22-15-13-14-20(4)21(22)5)27(36)23(16-17-24(30)34)32-28(37)38-29(6,7)8/h13-15,19,23,25H,9-12,16-18H2,1-8H3,(H2,30,34)(H,31,35)(H,32,37). The Morgan fingerprint density at radius 1 is 1.03 bits per heavy atom. The molecule has 4 amide bonds. The van der Waals surface area contributed by atoms with Crippen LogP contribution >= 0.6 is 0 Å². The largest absolute Gasteiger partial charge is 0.444 e. The molecule has 0 aliphatic heterocycles. The molecule has 0 saturated carbocycles. The molecular weight excluding hydrogens is 484 g/mol. The van der Waals surface area contributed by atoms with Crippen LogP contribution in [0, 0.1) is 13.8 Å². The number of carbonyl (C=O) groups excluding carboxylic acids is 4. The fourth-order valence-corrected chi connectivity index (χ4v) is 4.15. The van der Waals surface area contributed by atoms with Crippen LogP contribution in [-0.4, -0.2) is 52.9 Å². The average Bonchev–Trinajstić information content (AvgIpc) is 2.78. The third-order valence-electron chi connectivity index (χ3n) is 6.14. The number of hydrogen-bond acceptors (Lipinski definition) is 5. The molecule has 1 aromatic carbocycles. The molecule has 214 valence electrons. The monoisotopic (exact) mass is 532 g/mol. The van der Waals surface area contributed by atoms with E-state index in [0.29, 0.717) is 13.0 Å². The summed E-state index contributed by atoms with van der Waals surface area (Å²) in [6.07, 6.45) is 2.69. The van der Waals surface area contributed by atoms with Gasteiger partial charge < -0.3 is 26.0 Å². The van der Waals surface area contributed by atoms with Gasteiger partial charge in [-0.15, -0.1) is 0 Å². The van der Waals surface area contributed by atoms with Crippen molar-refractivity contribution in [3.63, 3.8) is 0 Å². The fraction of sp³-hybridized carbons (Fsp3) is 0.655. The second kappa shape index (κ2) is 15.3. The summed E-state index contributed by atoms with van der Waals surface area (Å²) in [6, 6.07) is 3.54. The van der Waals surface area contributed by atoms with Gasteiger partial charge in [-0.3, -0.25) is 14.4 Å². The Hall–Kier alpha value is -3.10. The van der Waals surface area contributed by atoms with Crippen LogP contribution in [0.25, 0.3) is 0 Å². The number of carbonyl (C=O) groups is 4. The van der Waals surface area contributed by atoms with Crippen LogP contribution in [0.1, 0.15) is 103 Å². The Morgan fingerprint density at radius 2 is 1.68 bits per heavy atom. The minimum absolute atomic E-state index is 0.00973. The Balaban J connectivity index is 3.57. The number of alkyl carbamates (subject to hydrolysis) is 1. The van der Waals surface area contributed by atoms with Gasteiger partial charge in [-0.2, -0.15) is 0 Å². The van der Waals surface area contributed by atoms with Crippen molar-refractivity contribution in [3.05, 3.63) is 34.9 Å². The number of nitrogens with one attached hydrogen (secondary N) is 2. The molecule has 0 aromatic heterocycles. The lowest BCUT2D eigenvalue weighted by Crippen LogP contribution is -2.54. The number of primary amides is 1. The fourth-order valence-electron chi connectivity index (χ4n) is 4.15.